The predicted octanol–water partition coefficient (Wildman–Crippen LogP) is 5.41. The molecule has 30 heavy (non-hydrogen) atoms. The van der Waals surface area contributed by atoms with Crippen LogP contribution >= 0.6 is 0 Å². The van der Waals surface area contributed by atoms with E-state index in [1.165, 1.54) is 30.6 Å². The van der Waals surface area contributed by atoms with E-state index in [-0.39, 0.29) is 24.4 Å². The van der Waals surface area contributed by atoms with Crippen molar-refractivity contribution in [3.05, 3.63) is 65.7 Å². The molecule has 5 nitrogen and oxygen atoms in total. The Bertz CT molecular complexity index is 844. The number of carbonyl (C=O) groups is 3. The molecular weight excluding hydrogens is 376 g/mol. The van der Waals surface area contributed by atoms with Crippen LogP contribution in [0.2, 0.25) is 0 Å². The van der Waals surface area contributed by atoms with Gasteiger partial charge in [-0.15, -0.1) is 0 Å². The first kappa shape index (κ1) is 21.8. The van der Waals surface area contributed by atoms with Gasteiger partial charge in [0.15, 0.2) is 0 Å². The number of hydrogen-bond acceptors (Lipinski definition) is 3. The monoisotopic (exact) mass is 406 g/mol. The molecule has 1 aliphatic heterocycles. The molecule has 0 bridgehead atoms. The zero-order valence-electron chi connectivity index (χ0n) is 17.7. The van der Waals surface area contributed by atoms with Gasteiger partial charge in [0.05, 0.1) is 11.1 Å². The van der Waals surface area contributed by atoms with E-state index in [4.69, 9.17) is 0 Å². The Labute approximate surface area is 178 Å². The van der Waals surface area contributed by atoms with E-state index >= 15 is 0 Å². The molecule has 0 saturated heterocycles. The van der Waals surface area contributed by atoms with Crippen molar-refractivity contribution in [3.8, 4) is 0 Å². The molecule has 2 aromatic rings. The van der Waals surface area contributed by atoms with Gasteiger partial charge in [-0.05, 0) is 30.7 Å². The minimum absolute atomic E-state index is 0.0636. The maximum Gasteiger partial charge on any atom is 0.263 e. The van der Waals surface area contributed by atoms with Gasteiger partial charge in [-0.2, -0.15) is 0 Å². The van der Waals surface area contributed by atoms with Crippen molar-refractivity contribution in [3.63, 3.8) is 0 Å². The number of imide groups is 1. The van der Waals surface area contributed by atoms with Gasteiger partial charge in [-0.1, -0.05) is 75.8 Å². The predicted molar refractivity (Wildman–Crippen MR) is 118 cm³/mol. The van der Waals surface area contributed by atoms with Crippen molar-refractivity contribution >= 4 is 23.4 Å². The third-order valence-electron chi connectivity index (χ3n) is 5.52. The second-order valence-electron chi connectivity index (χ2n) is 7.75. The Morgan fingerprint density at radius 2 is 1.30 bits per heavy atom. The van der Waals surface area contributed by atoms with Gasteiger partial charge in [0.1, 0.15) is 6.67 Å². The lowest BCUT2D eigenvalue weighted by atomic mass is 10.1. The highest BCUT2D eigenvalue weighted by atomic mass is 16.2. The van der Waals surface area contributed by atoms with Crippen LogP contribution < -0.4 is 4.90 Å². The zero-order valence-corrected chi connectivity index (χ0v) is 17.7. The first-order valence-electron chi connectivity index (χ1n) is 10.9. The summed E-state index contributed by atoms with van der Waals surface area (Å²) in [6, 6.07) is 16.1. The van der Waals surface area contributed by atoms with Gasteiger partial charge < -0.3 is 0 Å². The first-order valence-corrected chi connectivity index (χ1v) is 10.9. The van der Waals surface area contributed by atoms with Crippen molar-refractivity contribution in [2.45, 2.75) is 58.3 Å². The third kappa shape index (κ3) is 5.15. The zero-order chi connectivity index (χ0) is 21.3. The Morgan fingerprint density at radius 1 is 0.767 bits per heavy atom. The van der Waals surface area contributed by atoms with Crippen LogP contribution in [0.1, 0.15) is 79.0 Å². The highest BCUT2D eigenvalue weighted by Gasteiger charge is 2.37. The summed E-state index contributed by atoms with van der Waals surface area (Å²) < 4.78 is 0. The molecule has 0 aromatic heterocycles. The molecule has 5 heteroatoms. The number of fused-ring (bicyclic) bond motifs is 1. The van der Waals surface area contributed by atoms with Crippen LogP contribution in [-0.2, 0) is 4.79 Å². The fraction of sp³-hybridized carbons (Fsp3) is 0.400. The van der Waals surface area contributed by atoms with Gasteiger partial charge in [0.2, 0.25) is 5.91 Å². The minimum atomic E-state index is -0.347. The molecule has 3 rings (SSSR count). The summed E-state index contributed by atoms with van der Waals surface area (Å²) in [5, 5.41) is 0. The Kier molecular flexibility index (Phi) is 7.77. The molecule has 2 aromatic carbocycles. The normalized spacial score (nSPS) is 12.9. The molecule has 158 valence electrons. The van der Waals surface area contributed by atoms with E-state index < -0.39 is 0 Å². The van der Waals surface area contributed by atoms with Crippen molar-refractivity contribution < 1.29 is 14.4 Å². The number of unbranched alkanes of at least 4 members (excludes halogenated alkanes) is 6. The summed E-state index contributed by atoms with van der Waals surface area (Å²) in [5.41, 5.74) is 1.49. The summed E-state index contributed by atoms with van der Waals surface area (Å²) in [6.07, 6.45) is 8.33. The first-order chi connectivity index (χ1) is 14.6. The number of carbonyl (C=O) groups excluding carboxylic acids is 3. The van der Waals surface area contributed by atoms with E-state index in [1.807, 2.05) is 30.3 Å². The van der Waals surface area contributed by atoms with Crippen LogP contribution in [0.15, 0.2) is 54.6 Å². The number of para-hydroxylation sites is 1. The highest BCUT2D eigenvalue weighted by Crippen LogP contribution is 2.25. The number of hydrogen-bond donors (Lipinski definition) is 0. The fourth-order valence-electron chi connectivity index (χ4n) is 3.79. The van der Waals surface area contributed by atoms with Crippen LogP contribution in [0.4, 0.5) is 5.69 Å². The average molecular weight is 407 g/mol. The summed E-state index contributed by atoms with van der Waals surface area (Å²) in [4.78, 5) is 41.2. The van der Waals surface area contributed by atoms with Crippen molar-refractivity contribution in [2.24, 2.45) is 0 Å². The van der Waals surface area contributed by atoms with Crippen molar-refractivity contribution in [2.75, 3.05) is 11.6 Å². The molecule has 0 spiro atoms. The smallest absolute Gasteiger partial charge is 0.263 e. The average Bonchev–Trinajstić information content (AvgIpc) is 3.02. The Balaban J connectivity index is 1.65. The standard InChI is InChI=1S/C25H30N2O3/c1-2-3-4-5-6-7-11-18-23(28)26(20-14-9-8-10-15-20)19-27-24(29)21-16-12-13-17-22(21)25(27)30/h8-10,12-17H,2-7,11,18-19H2,1H3. The van der Waals surface area contributed by atoms with Gasteiger partial charge in [0, 0.05) is 12.1 Å². The van der Waals surface area contributed by atoms with E-state index in [0.29, 0.717) is 23.2 Å². The van der Waals surface area contributed by atoms with Gasteiger partial charge >= 0.3 is 0 Å². The molecular formula is C25H30N2O3. The fourth-order valence-corrected chi connectivity index (χ4v) is 3.79. The van der Waals surface area contributed by atoms with Crippen molar-refractivity contribution in [1.29, 1.82) is 0 Å². The van der Waals surface area contributed by atoms with Crippen LogP contribution in [0.3, 0.4) is 0 Å². The molecule has 3 amide bonds. The van der Waals surface area contributed by atoms with Gasteiger partial charge in [-0.25, -0.2) is 0 Å². The summed E-state index contributed by atoms with van der Waals surface area (Å²) >= 11 is 0. The second kappa shape index (κ2) is 10.7. The summed E-state index contributed by atoms with van der Waals surface area (Å²) in [5.74, 6) is -0.758. The Morgan fingerprint density at radius 3 is 1.90 bits per heavy atom. The number of benzene rings is 2. The largest absolute Gasteiger partial charge is 0.294 e. The summed E-state index contributed by atoms with van der Waals surface area (Å²) in [7, 11) is 0. The van der Waals surface area contributed by atoms with Crippen LogP contribution in [0, 0.1) is 0 Å². The molecule has 1 heterocycles. The molecule has 0 radical (unpaired) electrons. The topological polar surface area (TPSA) is 57.7 Å². The minimum Gasteiger partial charge on any atom is -0.294 e. The number of amides is 3. The molecule has 0 atom stereocenters. The molecule has 0 saturated carbocycles. The van der Waals surface area contributed by atoms with E-state index in [1.54, 1.807) is 29.2 Å². The lowest BCUT2D eigenvalue weighted by Crippen LogP contribution is -2.44. The van der Waals surface area contributed by atoms with Gasteiger partial charge in [0.25, 0.3) is 11.8 Å². The third-order valence-corrected chi connectivity index (χ3v) is 5.52. The molecule has 0 N–H and O–H groups in total. The Hall–Kier alpha value is -2.95. The maximum atomic E-state index is 13.0. The quantitative estimate of drug-likeness (QED) is 0.370. The van der Waals surface area contributed by atoms with E-state index in [0.717, 1.165) is 19.3 Å². The molecule has 0 unspecified atom stereocenters. The van der Waals surface area contributed by atoms with Crippen molar-refractivity contribution in [1.82, 2.24) is 4.90 Å². The number of anilines is 1. The maximum absolute atomic E-state index is 13.0. The summed E-state index contributed by atoms with van der Waals surface area (Å²) in [6.45, 7) is 2.14. The van der Waals surface area contributed by atoms with E-state index in [9.17, 15) is 14.4 Å². The number of nitrogens with zero attached hydrogens (tertiary/aromatic N) is 2. The molecule has 1 aliphatic rings. The number of rotatable bonds is 11. The highest BCUT2D eigenvalue weighted by molar-refractivity contribution is 6.21. The van der Waals surface area contributed by atoms with Crippen LogP contribution in [-0.4, -0.2) is 29.3 Å². The lowest BCUT2D eigenvalue weighted by molar-refractivity contribution is -0.119. The lowest BCUT2D eigenvalue weighted by Gasteiger charge is -2.27. The van der Waals surface area contributed by atoms with Crippen LogP contribution in [0.5, 0.6) is 0 Å². The van der Waals surface area contributed by atoms with Crippen LogP contribution in [0.25, 0.3) is 0 Å². The molecule has 0 aliphatic carbocycles. The SMILES string of the molecule is CCCCCCCCCC(=O)N(CN1C(=O)c2ccccc2C1=O)c1ccccc1. The molecule has 0 fully saturated rings. The van der Waals surface area contributed by atoms with Gasteiger partial charge in [-0.3, -0.25) is 24.2 Å². The van der Waals surface area contributed by atoms with E-state index in [2.05, 4.69) is 6.92 Å². The second-order valence-corrected chi connectivity index (χ2v) is 7.75.